The van der Waals surface area contributed by atoms with E-state index in [1.165, 1.54) is 0 Å². The third-order valence-electron chi connectivity index (χ3n) is 0. The molecule has 0 saturated heterocycles. The average molecular weight is 517 g/mol. The van der Waals surface area contributed by atoms with Gasteiger partial charge in [-0.2, -0.15) is 0 Å². The van der Waals surface area contributed by atoms with Crippen molar-refractivity contribution in [1.29, 1.82) is 0 Å². The van der Waals surface area contributed by atoms with Crippen molar-refractivity contribution in [3.05, 3.63) is 0 Å². The third kappa shape index (κ3) is 375. The van der Waals surface area contributed by atoms with E-state index in [1.54, 1.807) is 0 Å². The van der Waals surface area contributed by atoms with Crippen molar-refractivity contribution < 1.29 is 74.6 Å². The van der Waals surface area contributed by atoms with Gasteiger partial charge >= 0.3 is 74.6 Å². The molecule has 0 fully saturated rings. The Morgan fingerprint density at radius 1 is 0.778 bits per heavy atom. The van der Waals surface area contributed by atoms with E-state index in [4.69, 9.17) is 20.2 Å². The van der Waals surface area contributed by atoms with Crippen molar-refractivity contribution in [3.8, 4) is 0 Å². The molecule has 0 aliphatic rings. The Morgan fingerprint density at radius 2 is 0.778 bits per heavy atom. The van der Waals surface area contributed by atoms with Crippen LogP contribution in [0.15, 0.2) is 0 Å². The summed E-state index contributed by atoms with van der Waals surface area (Å²) in [6, 6.07) is 0. The third-order valence-corrected chi connectivity index (χ3v) is 0. The number of hydrogen-bond donors (Lipinski definition) is 0. The van der Waals surface area contributed by atoms with Crippen LogP contribution >= 0.6 is 0 Å². The summed E-state index contributed by atoms with van der Waals surface area (Å²) in [4.78, 5) is 0. The first-order valence-corrected chi connectivity index (χ1v) is 8.97. The summed E-state index contributed by atoms with van der Waals surface area (Å²) >= 11 is -8.69. The minimum atomic E-state index is -4.34. The van der Waals surface area contributed by atoms with Gasteiger partial charge < -0.3 is 0 Å². The van der Waals surface area contributed by atoms with Crippen LogP contribution in [0.2, 0.25) is 0 Å². The molecule has 0 aliphatic heterocycles. The monoisotopic (exact) mass is 517 g/mol. The summed E-state index contributed by atoms with van der Waals surface area (Å²) in [5, 5.41) is 0. The molecular formula is CoO6Ta2. The SMILES string of the molecule is [Co+2].[O]=[Ta](=[O])[O-].[O]=[Ta](=[O])[O-]. The van der Waals surface area contributed by atoms with Crippen LogP contribution < -0.4 is 7.23 Å². The second-order valence-corrected chi connectivity index (χ2v) is 3.66. The van der Waals surface area contributed by atoms with Crippen molar-refractivity contribution in [1.82, 2.24) is 0 Å². The van der Waals surface area contributed by atoms with E-state index in [9.17, 15) is 0 Å². The maximum absolute atomic E-state index is 8.62. The van der Waals surface area contributed by atoms with Gasteiger partial charge in [-0.1, -0.05) is 0 Å². The Balaban J connectivity index is -0.0000000720. The summed E-state index contributed by atoms with van der Waals surface area (Å²) in [5.41, 5.74) is 0. The predicted octanol–water partition coefficient (Wildman–Crippen LogP) is -2.86. The fourth-order valence-electron chi connectivity index (χ4n) is 0. The molecule has 0 N–H and O–H groups in total. The van der Waals surface area contributed by atoms with E-state index in [2.05, 4.69) is 0 Å². The molecule has 0 aliphatic carbocycles. The summed E-state index contributed by atoms with van der Waals surface area (Å²) in [5.74, 6) is 0. The number of hydrogen-bond acceptors (Lipinski definition) is 6. The molecule has 0 atom stereocenters. The molecule has 0 aromatic rings. The van der Waals surface area contributed by atoms with Gasteiger partial charge in [-0.25, -0.2) is 0 Å². The van der Waals surface area contributed by atoms with E-state index in [-0.39, 0.29) is 16.8 Å². The first-order valence-electron chi connectivity index (χ1n) is 1.10. The van der Waals surface area contributed by atoms with Crippen LogP contribution in [0.1, 0.15) is 0 Å². The normalized spacial score (nSPS) is 5.56. The predicted molar refractivity (Wildman–Crippen MR) is 2.75 cm³/mol. The molecule has 0 rings (SSSR count). The van der Waals surface area contributed by atoms with Gasteiger partial charge in [0.2, 0.25) is 0 Å². The zero-order valence-electron chi connectivity index (χ0n) is 3.68. The summed E-state index contributed by atoms with van der Waals surface area (Å²) in [6.07, 6.45) is 0. The minimum absolute atomic E-state index is 0. The average Bonchev–Trinajstić information content (AvgIpc) is 1.25. The van der Waals surface area contributed by atoms with Crippen molar-refractivity contribution in [2.45, 2.75) is 0 Å². The Labute approximate surface area is 74.0 Å². The van der Waals surface area contributed by atoms with Crippen LogP contribution in [0.3, 0.4) is 0 Å². The Bertz CT molecular complexity index is 128. The van der Waals surface area contributed by atoms with Crippen molar-refractivity contribution in [3.63, 3.8) is 0 Å². The maximum atomic E-state index is 8.62. The Kier molecular flexibility index (Phi) is 21.9. The molecule has 1 radical (unpaired) electrons. The van der Waals surface area contributed by atoms with Gasteiger partial charge in [0.05, 0.1) is 0 Å². The van der Waals surface area contributed by atoms with Crippen LogP contribution in [-0.4, -0.2) is 0 Å². The zero-order valence-corrected chi connectivity index (χ0v) is 11.1. The molecule has 9 heteroatoms. The second-order valence-electron chi connectivity index (χ2n) is 0.447. The summed E-state index contributed by atoms with van der Waals surface area (Å²) in [6.45, 7) is 0. The van der Waals surface area contributed by atoms with Crippen molar-refractivity contribution in [2.24, 2.45) is 0 Å². The van der Waals surface area contributed by atoms with Crippen molar-refractivity contribution in [2.75, 3.05) is 0 Å². The molecule has 0 aromatic carbocycles. The van der Waals surface area contributed by atoms with E-state index in [0.29, 0.717) is 0 Å². The van der Waals surface area contributed by atoms with E-state index >= 15 is 0 Å². The standard InChI is InChI=1S/Co.6O.2Ta/q+2;;;;;2*-1;;. The van der Waals surface area contributed by atoms with E-state index in [1.807, 2.05) is 0 Å². The van der Waals surface area contributed by atoms with E-state index < -0.39 is 37.6 Å². The van der Waals surface area contributed by atoms with Crippen molar-refractivity contribution >= 4 is 0 Å². The van der Waals surface area contributed by atoms with Gasteiger partial charge in [-0.3, -0.25) is 0 Å². The summed E-state index contributed by atoms with van der Waals surface area (Å²) in [7, 11) is 0. The van der Waals surface area contributed by atoms with Gasteiger partial charge in [0.15, 0.2) is 0 Å². The molecule has 0 saturated carbocycles. The number of rotatable bonds is 0. The van der Waals surface area contributed by atoms with Crippen LogP contribution in [-0.2, 0) is 67.4 Å². The molecule has 0 amide bonds. The first-order chi connectivity index (χ1) is 3.46. The molecule has 0 bridgehead atoms. The van der Waals surface area contributed by atoms with Crippen LogP contribution in [0, 0.1) is 0 Å². The molecule has 55 valence electrons. The quantitative estimate of drug-likeness (QED) is 0.342. The molecule has 9 heavy (non-hydrogen) atoms. The molecular weight excluding hydrogens is 517 g/mol. The molecule has 0 spiro atoms. The van der Waals surface area contributed by atoms with Gasteiger partial charge in [0.1, 0.15) is 0 Å². The van der Waals surface area contributed by atoms with Gasteiger partial charge in [0.25, 0.3) is 0 Å². The summed E-state index contributed by atoms with van der Waals surface area (Å²) < 4.78 is 51.7. The van der Waals surface area contributed by atoms with E-state index in [0.717, 1.165) is 0 Å². The van der Waals surface area contributed by atoms with Gasteiger partial charge in [-0.15, -0.1) is 0 Å². The van der Waals surface area contributed by atoms with Gasteiger partial charge in [-0.05, 0) is 0 Å². The van der Waals surface area contributed by atoms with Crippen LogP contribution in [0.5, 0.6) is 0 Å². The Morgan fingerprint density at radius 3 is 0.778 bits per heavy atom. The molecule has 0 heterocycles. The topological polar surface area (TPSA) is 114 Å². The first kappa shape index (κ1) is 16.6. The van der Waals surface area contributed by atoms with Gasteiger partial charge in [0, 0.05) is 0 Å². The molecule has 0 unspecified atom stereocenters. The Hall–Kier alpha value is 1.11. The molecule has 6 nitrogen and oxygen atoms in total. The molecule has 0 aromatic heterocycles. The van der Waals surface area contributed by atoms with Crippen LogP contribution in [0.25, 0.3) is 0 Å². The second kappa shape index (κ2) is 11.9. The fourth-order valence-corrected chi connectivity index (χ4v) is 0. The zero-order chi connectivity index (χ0) is 7.15. The fraction of sp³-hybridized carbons (Fsp3) is 0. The van der Waals surface area contributed by atoms with Crippen LogP contribution in [0.4, 0.5) is 0 Å².